The van der Waals surface area contributed by atoms with Gasteiger partial charge >= 0.3 is 6.18 Å². The van der Waals surface area contributed by atoms with Crippen LogP contribution >= 0.6 is 35.3 Å². The molecule has 1 N–H and O–H groups in total. The third kappa shape index (κ3) is 4.74. The fourth-order valence-corrected chi connectivity index (χ4v) is 4.67. The number of carbonyl (C=O) groups is 2. The van der Waals surface area contributed by atoms with Crippen molar-refractivity contribution in [1.29, 1.82) is 0 Å². The Morgan fingerprint density at radius 1 is 1.16 bits per heavy atom. The maximum Gasteiger partial charge on any atom is 0.416 e. The summed E-state index contributed by atoms with van der Waals surface area (Å²) in [7, 11) is 0. The van der Waals surface area contributed by atoms with Gasteiger partial charge in [-0.25, -0.2) is 4.98 Å². The van der Waals surface area contributed by atoms with Gasteiger partial charge in [0.1, 0.15) is 0 Å². The van der Waals surface area contributed by atoms with Gasteiger partial charge in [0, 0.05) is 17.1 Å². The van der Waals surface area contributed by atoms with Gasteiger partial charge in [-0.05, 0) is 42.0 Å². The molecular weight excluding hydrogens is 479 g/mol. The fourth-order valence-electron chi connectivity index (χ4n) is 2.85. The number of amides is 2. The zero-order chi connectivity index (χ0) is 22.9. The lowest BCUT2D eigenvalue weighted by Crippen LogP contribution is -2.27. The highest BCUT2D eigenvalue weighted by Crippen LogP contribution is 2.38. The van der Waals surface area contributed by atoms with E-state index < -0.39 is 17.6 Å². The van der Waals surface area contributed by atoms with Crippen molar-refractivity contribution in [3.63, 3.8) is 0 Å². The van der Waals surface area contributed by atoms with Crippen LogP contribution in [0.5, 0.6) is 0 Å². The zero-order valence-corrected chi connectivity index (χ0v) is 18.4. The summed E-state index contributed by atoms with van der Waals surface area (Å²) >= 11 is 7.53. The van der Waals surface area contributed by atoms with E-state index in [9.17, 15) is 22.8 Å². The van der Waals surface area contributed by atoms with Crippen LogP contribution in [0.4, 0.5) is 24.0 Å². The number of nitrogens with one attached hydrogen (secondary N) is 1. The Morgan fingerprint density at radius 2 is 1.91 bits per heavy atom. The molecule has 1 fully saturated rings. The zero-order valence-electron chi connectivity index (χ0n) is 15.9. The molecule has 0 radical (unpaired) electrons. The summed E-state index contributed by atoms with van der Waals surface area (Å²) in [6.45, 7) is 0. The first kappa shape index (κ1) is 22.2. The van der Waals surface area contributed by atoms with Gasteiger partial charge in [-0.3, -0.25) is 19.8 Å². The summed E-state index contributed by atoms with van der Waals surface area (Å²) < 4.78 is 39.2. The van der Waals surface area contributed by atoms with Crippen LogP contribution in [0, 0.1) is 0 Å². The number of benzene rings is 2. The second-order valence-corrected chi connectivity index (χ2v) is 9.05. The normalized spacial score (nSPS) is 15.5. The Morgan fingerprint density at radius 3 is 2.56 bits per heavy atom. The van der Waals surface area contributed by atoms with Gasteiger partial charge in [0.05, 0.1) is 16.2 Å². The van der Waals surface area contributed by atoms with Gasteiger partial charge in [0.15, 0.2) is 9.45 Å². The van der Waals surface area contributed by atoms with Crippen molar-refractivity contribution >= 4 is 68.3 Å². The van der Waals surface area contributed by atoms with E-state index in [1.165, 1.54) is 23.5 Å². The van der Waals surface area contributed by atoms with Crippen molar-refractivity contribution < 1.29 is 22.8 Å². The Hall–Kier alpha value is -3.02. The maximum absolute atomic E-state index is 13.0. The predicted molar refractivity (Wildman–Crippen MR) is 124 cm³/mol. The number of thiazole rings is 1. The first-order valence-corrected chi connectivity index (χ1v) is 11.1. The van der Waals surface area contributed by atoms with E-state index in [1.54, 1.807) is 41.9 Å². The molecule has 2 heterocycles. The third-order valence-corrected chi connectivity index (χ3v) is 6.34. The minimum atomic E-state index is -4.53. The number of alkyl halides is 3. The van der Waals surface area contributed by atoms with E-state index in [0.29, 0.717) is 16.3 Å². The number of carbonyl (C=O) groups excluding carboxylic acids is 2. The lowest BCUT2D eigenvalue weighted by molar-refractivity contribution is -0.137. The molecule has 2 amide bonds. The summed E-state index contributed by atoms with van der Waals surface area (Å²) in [6.07, 6.45) is -1.37. The van der Waals surface area contributed by atoms with Crippen LogP contribution in [0.1, 0.15) is 21.5 Å². The molecule has 1 aromatic heterocycles. The number of thioether (sulfide) groups is 1. The van der Waals surface area contributed by atoms with E-state index in [0.717, 1.165) is 28.8 Å². The molecule has 0 atom stereocenters. The average molecular weight is 492 g/mol. The topological polar surface area (TPSA) is 62.3 Å². The van der Waals surface area contributed by atoms with Gasteiger partial charge in [0.2, 0.25) is 0 Å². The number of nitrogens with zero attached hydrogens (tertiary/aromatic N) is 2. The molecule has 1 saturated heterocycles. The van der Waals surface area contributed by atoms with Crippen molar-refractivity contribution in [2.45, 2.75) is 6.18 Å². The summed E-state index contributed by atoms with van der Waals surface area (Å²) in [4.78, 5) is 30.4. The Kier molecular flexibility index (Phi) is 6.13. The SMILES string of the molecule is O=C(Nc1nccs1)c1ccc(/C=C2/SC(=S)N(c3cccc(C(F)(F)F)c3)C2=O)cc1. The van der Waals surface area contributed by atoms with Crippen molar-refractivity contribution in [2.75, 3.05) is 10.2 Å². The highest BCUT2D eigenvalue weighted by Gasteiger charge is 2.36. The van der Waals surface area contributed by atoms with Crippen LogP contribution in [0.2, 0.25) is 0 Å². The second-order valence-electron chi connectivity index (χ2n) is 6.48. The van der Waals surface area contributed by atoms with E-state index in [-0.39, 0.29) is 20.8 Å². The monoisotopic (exact) mass is 491 g/mol. The van der Waals surface area contributed by atoms with E-state index >= 15 is 0 Å². The Balaban J connectivity index is 1.52. The minimum Gasteiger partial charge on any atom is -0.298 e. The van der Waals surface area contributed by atoms with Gasteiger partial charge in [-0.15, -0.1) is 11.3 Å². The highest BCUT2D eigenvalue weighted by atomic mass is 32.2. The molecule has 0 bridgehead atoms. The van der Waals surface area contributed by atoms with Gasteiger partial charge in [0.25, 0.3) is 11.8 Å². The molecular formula is C21H12F3N3O2S3. The van der Waals surface area contributed by atoms with Crippen LogP contribution in [-0.4, -0.2) is 21.1 Å². The lowest BCUT2D eigenvalue weighted by Gasteiger charge is -2.16. The van der Waals surface area contributed by atoms with Crippen molar-refractivity contribution in [3.8, 4) is 0 Å². The number of rotatable bonds is 4. The largest absolute Gasteiger partial charge is 0.416 e. The molecule has 32 heavy (non-hydrogen) atoms. The third-order valence-electron chi connectivity index (χ3n) is 4.35. The van der Waals surface area contributed by atoms with Crippen molar-refractivity contribution in [1.82, 2.24) is 4.98 Å². The fraction of sp³-hybridized carbons (Fsp3) is 0.0476. The number of thiocarbonyl (C=S) groups is 1. The summed E-state index contributed by atoms with van der Waals surface area (Å²) in [5.41, 5.74) is 0.244. The molecule has 11 heteroatoms. The van der Waals surface area contributed by atoms with Crippen LogP contribution in [0.3, 0.4) is 0 Å². The molecule has 0 aliphatic carbocycles. The van der Waals surface area contributed by atoms with Crippen molar-refractivity contribution in [3.05, 3.63) is 81.7 Å². The van der Waals surface area contributed by atoms with Crippen LogP contribution in [-0.2, 0) is 11.0 Å². The first-order valence-electron chi connectivity index (χ1n) is 8.98. The maximum atomic E-state index is 13.0. The Labute approximate surface area is 194 Å². The smallest absolute Gasteiger partial charge is 0.298 e. The Bertz CT molecular complexity index is 1220. The summed E-state index contributed by atoms with van der Waals surface area (Å²) in [6, 6.07) is 11.0. The molecule has 0 spiro atoms. The molecule has 4 rings (SSSR count). The molecule has 3 aromatic rings. The molecule has 1 aliphatic rings. The number of hydrogen-bond acceptors (Lipinski definition) is 6. The highest BCUT2D eigenvalue weighted by molar-refractivity contribution is 8.27. The van der Waals surface area contributed by atoms with Crippen molar-refractivity contribution in [2.24, 2.45) is 0 Å². The number of halogens is 3. The van der Waals surface area contributed by atoms with Gasteiger partial charge in [-0.2, -0.15) is 13.2 Å². The molecule has 5 nitrogen and oxygen atoms in total. The quantitative estimate of drug-likeness (QED) is 0.368. The first-order chi connectivity index (χ1) is 15.2. The number of hydrogen-bond donors (Lipinski definition) is 1. The molecule has 162 valence electrons. The molecule has 0 saturated carbocycles. The lowest BCUT2D eigenvalue weighted by atomic mass is 10.1. The van der Waals surface area contributed by atoms with E-state index in [1.807, 2.05) is 0 Å². The molecule has 2 aromatic carbocycles. The van der Waals surface area contributed by atoms with Crippen LogP contribution < -0.4 is 10.2 Å². The number of anilines is 2. The van der Waals surface area contributed by atoms with E-state index in [2.05, 4.69) is 10.3 Å². The molecule has 0 unspecified atom stereocenters. The van der Waals surface area contributed by atoms with Gasteiger partial charge < -0.3 is 0 Å². The molecule has 1 aliphatic heterocycles. The van der Waals surface area contributed by atoms with E-state index in [4.69, 9.17) is 12.2 Å². The summed E-state index contributed by atoms with van der Waals surface area (Å²) in [5.74, 6) is -0.827. The van der Waals surface area contributed by atoms with Crippen LogP contribution in [0.15, 0.2) is 65.0 Å². The van der Waals surface area contributed by atoms with Crippen LogP contribution in [0.25, 0.3) is 6.08 Å². The van der Waals surface area contributed by atoms with Gasteiger partial charge in [-0.1, -0.05) is 42.2 Å². The standard InChI is InChI=1S/C21H12F3N3O2S3/c22-21(23,24)14-2-1-3-15(11-14)27-18(29)16(32-20(27)30)10-12-4-6-13(7-5-12)17(28)26-19-25-8-9-31-19/h1-11H,(H,25,26,28)/b16-10+. The number of aromatic nitrogens is 1. The summed E-state index contributed by atoms with van der Waals surface area (Å²) in [5, 5.41) is 4.90. The second kappa shape index (κ2) is 8.85. The minimum absolute atomic E-state index is 0.0555. The average Bonchev–Trinajstić information content (AvgIpc) is 3.35. The predicted octanol–water partition coefficient (Wildman–Crippen LogP) is 5.82.